The summed E-state index contributed by atoms with van der Waals surface area (Å²) in [5.74, 6) is -0.201. The molecule has 2 rings (SSSR count). The Bertz CT molecular complexity index is 641. The van der Waals surface area contributed by atoms with Crippen LogP contribution in [-0.2, 0) is 4.79 Å². The first-order valence-corrected chi connectivity index (χ1v) is 7.72. The molecular formula is C16H17BrN2O3. The monoisotopic (exact) mass is 364 g/mol. The van der Waals surface area contributed by atoms with Crippen molar-refractivity contribution in [1.82, 2.24) is 10.6 Å². The van der Waals surface area contributed by atoms with E-state index in [1.54, 1.807) is 12.1 Å². The average Bonchev–Trinajstić information content (AvgIpc) is 3.01. The summed E-state index contributed by atoms with van der Waals surface area (Å²) in [6.07, 6.45) is 1.64. The number of benzene rings is 1. The van der Waals surface area contributed by atoms with Gasteiger partial charge in [0, 0.05) is 17.4 Å². The highest BCUT2D eigenvalue weighted by Gasteiger charge is 2.11. The zero-order valence-electron chi connectivity index (χ0n) is 12.1. The van der Waals surface area contributed by atoms with Crippen LogP contribution in [0.25, 0.3) is 0 Å². The number of halogens is 1. The van der Waals surface area contributed by atoms with E-state index in [1.807, 2.05) is 31.2 Å². The molecule has 5 nitrogen and oxygen atoms in total. The minimum absolute atomic E-state index is 0.0919. The first kappa shape index (κ1) is 16.3. The van der Waals surface area contributed by atoms with Gasteiger partial charge in [-0.1, -0.05) is 28.1 Å². The first-order chi connectivity index (χ1) is 10.6. The molecule has 0 aliphatic rings. The van der Waals surface area contributed by atoms with Crippen molar-refractivity contribution in [2.24, 2.45) is 0 Å². The lowest BCUT2D eigenvalue weighted by Gasteiger charge is -2.14. The Kier molecular flexibility index (Phi) is 5.77. The molecule has 1 unspecified atom stereocenters. The Balaban J connectivity index is 1.75. The molecule has 2 amide bonds. The van der Waals surface area contributed by atoms with Gasteiger partial charge in [-0.2, -0.15) is 0 Å². The van der Waals surface area contributed by atoms with E-state index in [0.29, 0.717) is 0 Å². The summed E-state index contributed by atoms with van der Waals surface area (Å²) in [4.78, 5) is 23.5. The van der Waals surface area contributed by atoms with Crippen LogP contribution in [0.5, 0.6) is 0 Å². The van der Waals surface area contributed by atoms with Crippen molar-refractivity contribution in [3.05, 3.63) is 58.5 Å². The number of hydrogen-bond donors (Lipinski definition) is 2. The van der Waals surface area contributed by atoms with E-state index in [2.05, 4.69) is 26.6 Å². The molecule has 1 atom stereocenters. The lowest BCUT2D eigenvalue weighted by atomic mass is 10.1. The van der Waals surface area contributed by atoms with Crippen molar-refractivity contribution in [3.63, 3.8) is 0 Å². The summed E-state index contributed by atoms with van der Waals surface area (Å²) in [5, 5.41) is 5.53. The van der Waals surface area contributed by atoms with Crippen LogP contribution in [0.2, 0.25) is 0 Å². The predicted octanol–water partition coefficient (Wildman–Crippen LogP) is 3.04. The summed E-state index contributed by atoms with van der Waals surface area (Å²) >= 11 is 3.40. The Morgan fingerprint density at radius 3 is 2.77 bits per heavy atom. The van der Waals surface area contributed by atoms with Crippen LogP contribution in [0.1, 0.15) is 35.5 Å². The Labute approximate surface area is 137 Å². The van der Waals surface area contributed by atoms with Gasteiger partial charge in [-0.3, -0.25) is 9.59 Å². The summed E-state index contributed by atoms with van der Waals surface area (Å²) in [5.41, 5.74) is 1.02. The van der Waals surface area contributed by atoms with Crippen molar-refractivity contribution >= 4 is 27.7 Å². The molecule has 0 aliphatic carbocycles. The second-order valence-electron chi connectivity index (χ2n) is 4.83. The second kappa shape index (κ2) is 7.79. The van der Waals surface area contributed by atoms with E-state index in [4.69, 9.17) is 4.42 Å². The molecule has 0 saturated heterocycles. The predicted molar refractivity (Wildman–Crippen MR) is 86.4 cm³/mol. The maximum atomic E-state index is 11.9. The quantitative estimate of drug-likeness (QED) is 0.827. The van der Waals surface area contributed by atoms with Crippen molar-refractivity contribution < 1.29 is 14.0 Å². The van der Waals surface area contributed by atoms with E-state index >= 15 is 0 Å². The highest BCUT2D eigenvalue weighted by molar-refractivity contribution is 9.10. The molecule has 6 heteroatoms. The van der Waals surface area contributed by atoms with Crippen molar-refractivity contribution in [2.45, 2.75) is 19.4 Å². The third kappa shape index (κ3) is 4.73. The van der Waals surface area contributed by atoms with Crippen LogP contribution < -0.4 is 10.6 Å². The molecule has 0 saturated carbocycles. The van der Waals surface area contributed by atoms with Crippen LogP contribution in [0, 0.1) is 0 Å². The Morgan fingerprint density at radius 1 is 1.27 bits per heavy atom. The Morgan fingerprint density at radius 2 is 2.09 bits per heavy atom. The number of amides is 2. The maximum absolute atomic E-state index is 11.9. The zero-order chi connectivity index (χ0) is 15.9. The standard InChI is InChI=1S/C16H17BrN2O3/c1-11(12-4-2-5-13(17)10-12)19-15(20)7-8-18-16(21)14-6-3-9-22-14/h2-6,9-11H,7-8H2,1H3,(H,18,21)(H,19,20). The van der Waals surface area contributed by atoms with Crippen molar-refractivity contribution in [2.75, 3.05) is 6.54 Å². The molecule has 0 bridgehead atoms. The number of hydrogen-bond acceptors (Lipinski definition) is 3. The third-order valence-electron chi connectivity index (χ3n) is 3.11. The smallest absolute Gasteiger partial charge is 0.286 e. The molecule has 116 valence electrons. The Hall–Kier alpha value is -2.08. The van der Waals surface area contributed by atoms with Gasteiger partial charge in [0.2, 0.25) is 5.91 Å². The minimum atomic E-state index is -0.321. The van der Waals surface area contributed by atoms with Crippen molar-refractivity contribution in [3.8, 4) is 0 Å². The van der Waals surface area contributed by atoms with Gasteiger partial charge in [0.1, 0.15) is 0 Å². The molecule has 1 aromatic heterocycles. The topological polar surface area (TPSA) is 71.3 Å². The van der Waals surface area contributed by atoms with Gasteiger partial charge >= 0.3 is 0 Å². The number of furan rings is 1. The molecule has 1 aromatic carbocycles. The van der Waals surface area contributed by atoms with Gasteiger partial charge in [-0.05, 0) is 36.8 Å². The molecule has 2 aromatic rings. The number of carbonyl (C=O) groups excluding carboxylic acids is 2. The number of nitrogens with one attached hydrogen (secondary N) is 2. The van der Waals surface area contributed by atoms with E-state index < -0.39 is 0 Å². The SMILES string of the molecule is CC(NC(=O)CCNC(=O)c1ccco1)c1cccc(Br)c1. The fourth-order valence-corrected chi connectivity index (χ4v) is 2.37. The molecule has 2 N–H and O–H groups in total. The maximum Gasteiger partial charge on any atom is 0.286 e. The molecule has 0 spiro atoms. The van der Waals surface area contributed by atoms with Crippen LogP contribution in [0.4, 0.5) is 0 Å². The average molecular weight is 365 g/mol. The number of carbonyl (C=O) groups is 2. The minimum Gasteiger partial charge on any atom is -0.459 e. The van der Waals surface area contributed by atoms with Crippen molar-refractivity contribution in [1.29, 1.82) is 0 Å². The second-order valence-corrected chi connectivity index (χ2v) is 5.74. The van der Waals surface area contributed by atoms with Gasteiger partial charge in [-0.25, -0.2) is 0 Å². The van der Waals surface area contributed by atoms with Crippen LogP contribution in [0.3, 0.4) is 0 Å². The molecule has 0 radical (unpaired) electrons. The van der Waals surface area contributed by atoms with Gasteiger partial charge in [0.25, 0.3) is 5.91 Å². The summed E-state index contributed by atoms with van der Waals surface area (Å²) in [6, 6.07) is 10.9. The fraction of sp³-hybridized carbons (Fsp3) is 0.250. The summed E-state index contributed by atoms with van der Waals surface area (Å²) < 4.78 is 5.94. The van der Waals surface area contributed by atoms with E-state index in [0.717, 1.165) is 10.0 Å². The first-order valence-electron chi connectivity index (χ1n) is 6.93. The summed E-state index contributed by atoms with van der Waals surface area (Å²) in [6.45, 7) is 2.18. The normalized spacial score (nSPS) is 11.7. The number of rotatable bonds is 6. The fourth-order valence-electron chi connectivity index (χ4n) is 1.96. The summed E-state index contributed by atoms with van der Waals surface area (Å²) in [7, 11) is 0. The van der Waals surface area contributed by atoms with Gasteiger partial charge in [0.05, 0.1) is 12.3 Å². The van der Waals surface area contributed by atoms with Gasteiger partial charge < -0.3 is 15.1 Å². The van der Waals surface area contributed by atoms with Gasteiger partial charge in [-0.15, -0.1) is 0 Å². The molecule has 22 heavy (non-hydrogen) atoms. The lowest BCUT2D eigenvalue weighted by Crippen LogP contribution is -2.31. The highest BCUT2D eigenvalue weighted by Crippen LogP contribution is 2.17. The van der Waals surface area contributed by atoms with Crippen LogP contribution >= 0.6 is 15.9 Å². The zero-order valence-corrected chi connectivity index (χ0v) is 13.7. The van der Waals surface area contributed by atoms with Crippen LogP contribution in [0.15, 0.2) is 51.6 Å². The van der Waals surface area contributed by atoms with Gasteiger partial charge in [0.15, 0.2) is 5.76 Å². The molecular weight excluding hydrogens is 348 g/mol. The third-order valence-corrected chi connectivity index (χ3v) is 3.60. The molecule has 0 fully saturated rings. The largest absolute Gasteiger partial charge is 0.459 e. The molecule has 1 heterocycles. The van der Waals surface area contributed by atoms with E-state index in [1.165, 1.54) is 6.26 Å². The lowest BCUT2D eigenvalue weighted by molar-refractivity contribution is -0.121. The van der Waals surface area contributed by atoms with E-state index in [9.17, 15) is 9.59 Å². The van der Waals surface area contributed by atoms with Crippen LogP contribution in [-0.4, -0.2) is 18.4 Å². The van der Waals surface area contributed by atoms with E-state index in [-0.39, 0.29) is 36.6 Å². The molecule has 0 aliphatic heterocycles. The highest BCUT2D eigenvalue weighted by atomic mass is 79.9.